The lowest BCUT2D eigenvalue weighted by Gasteiger charge is -2.20. The van der Waals surface area contributed by atoms with E-state index < -0.39 is 30.2 Å². The SMILES string of the molecule is CNC(=O)c1ccc2c(c1)OCC(NCCc1c(C(=O)O)nn(Cc3c(F)cccc3F)c1Cl)C(=O)N2C. The maximum atomic E-state index is 14.1. The molecule has 10 nitrogen and oxygen atoms in total. The number of aromatic carboxylic acids is 1. The van der Waals surface area contributed by atoms with E-state index in [1.807, 2.05) is 0 Å². The molecule has 0 fully saturated rings. The number of amides is 2. The monoisotopic (exact) mass is 547 g/mol. The number of anilines is 1. The van der Waals surface area contributed by atoms with Crippen LogP contribution in [0.5, 0.6) is 5.75 Å². The number of nitrogens with zero attached hydrogens (tertiary/aromatic N) is 3. The van der Waals surface area contributed by atoms with E-state index in [0.717, 1.165) is 16.8 Å². The second-order valence-electron chi connectivity index (χ2n) is 8.51. The topological polar surface area (TPSA) is 126 Å². The maximum Gasteiger partial charge on any atom is 0.356 e. The normalized spacial score (nSPS) is 15.0. The lowest BCUT2D eigenvalue weighted by atomic mass is 10.1. The summed E-state index contributed by atoms with van der Waals surface area (Å²) in [5.74, 6) is -3.21. The number of carbonyl (C=O) groups excluding carboxylic acids is 2. The number of halogens is 3. The van der Waals surface area contributed by atoms with Gasteiger partial charge in [-0.15, -0.1) is 0 Å². The fourth-order valence-electron chi connectivity index (χ4n) is 4.12. The van der Waals surface area contributed by atoms with Crippen LogP contribution in [0.25, 0.3) is 0 Å². The number of aromatic nitrogens is 2. The van der Waals surface area contributed by atoms with Crippen LogP contribution in [0.1, 0.15) is 32.0 Å². The summed E-state index contributed by atoms with van der Waals surface area (Å²) < 4.78 is 35.0. The van der Waals surface area contributed by atoms with Crippen LogP contribution in [0.4, 0.5) is 14.5 Å². The molecule has 1 aliphatic rings. The van der Waals surface area contributed by atoms with Crippen LogP contribution in [0, 0.1) is 11.6 Å². The quantitative estimate of drug-likeness (QED) is 0.395. The predicted molar refractivity (Wildman–Crippen MR) is 134 cm³/mol. The summed E-state index contributed by atoms with van der Waals surface area (Å²) in [7, 11) is 3.09. The zero-order valence-electron chi connectivity index (χ0n) is 20.4. The van der Waals surface area contributed by atoms with Crippen molar-refractivity contribution < 1.29 is 33.0 Å². The molecule has 1 unspecified atom stereocenters. The zero-order chi connectivity index (χ0) is 27.6. The molecule has 4 rings (SSSR count). The van der Waals surface area contributed by atoms with Crippen LogP contribution in [0.15, 0.2) is 36.4 Å². The summed E-state index contributed by atoms with van der Waals surface area (Å²) in [6, 6.07) is 7.34. The summed E-state index contributed by atoms with van der Waals surface area (Å²) >= 11 is 6.37. The summed E-state index contributed by atoms with van der Waals surface area (Å²) in [6.45, 7) is -0.326. The minimum Gasteiger partial charge on any atom is -0.489 e. The summed E-state index contributed by atoms with van der Waals surface area (Å²) in [4.78, 5) is 38.2. The first kappa shape index (κ1) is 27.0. The van der Waals surface area contributed by atoms with Gasteiger partial charge >= 0.3 is 5.97 Å². The molecular weight excluding hydrogens is 524 g/mol. The van der Waals surface area contributed by atoms with Crippen LogP contribution in [-0.4, -0.2) is 66.0 Å². The van der Waals surface area contributed by atoms with Crippen molar-refractivity contribution in [1.82, 2.24) is 20.4 Å². The van der Waals surface area contributed by atoms with Crippen molar-refractivity contribution in [2.75, 3.05) is 32.1 Å². The van der Waals surface area contributed by atoms with E-state index in [4.69, 9.17) is 16.3 Å². The third-order valence-electron chi connectivity index (χ3n) is 6.16. The molecule has 0 saturated carbocycles. The molecule has 0 radical (unpaired) electrons. The molecule has 3 aromatic rings. The summed E-state index contributed by atoms with van der Waals surface area (Å²) in [6.07, 6.45) is 0.0570. The average Bonchev–Trinajstić information content (AvgIpc) is 3.15. The molecule has 1 atom stereocenters. The molecule has 0 aliphatic carbocycles. The van der Waals surface area contributed by atoms with E-state index in [2.05, 4.69) is 15.7 Å². The highest BCUT2D eigenvalue weighted by Gasteiger charge is 2.30. The van der Waals surface area contributed by atoms with Gasteiger partial charge in [0.05, 0.1) is 12.2 Å². The number of nitrogens with one attached hydrogen (secondary N) is 2. The molecule has 38 heavy (non-hydrogen) atoms. The molecule has 13 heteroatoms. The molecule has 3 N–H and O–H groups in total. The number of carbonyl (C=O) groups is 3. The van der Waals surface area contributed by atoms with E-state index in [1.165, 1.54) is 18.0 Å². The minimum atomic E-state index is -1.36. The Labute approximate surface area is 221 Å². The van der Waals surface area contributed by atoms with Gasteiger partial charge in [0.25, 0.3) is 5.91 Å². The Morgan fingerprint density at radius 3 is 2.58 bits per heavy atom. The van der Waals surface area contributed by atoms with Gasteiger partial charge < -0.3 is 25.4 Å². The van der Waals surface area contributed by atoms with Crippen LogP contribution in [0.2, 0.25) is 5.15 Å². The van der Waals surface area contributed by atoms with Crippen molar-refractivity contribution >= 4 is 35.1 Å². The zero-order valence-corrected chi connectivity index (χ0v) is 21.2. The third-order valence-corrected chi connectivity index (χ3v) is 6.59. The number of hydrogen-bond donors (Lipinski definition) is 3. The van der Waals surface area contributed by atoms with Gasteiger partial charge in [0.2, 0.25) is 5.91 Å². The number of hydrogen-bond acceptors (Lipinski definition) is 6. The molecule has 0 spiro atoms. The number of fused-ring (bicyclic) bond motifs is 1. The number of carboxylic acid groups (broad SMARTS) is 1. The first-order chi connectivity index (χ1) is 18.1. The molecule has 2 heterocycles. The lowest BCUT2D eigenvalue weighted by Crippen LogP contribution is -2.47. The van der Waals surface area contributed by atoms with Crippen LogP contribution in [0.3, 0.4) is 0 Å². The van der Waals surface area contributed by atoms with E-state index >= 15 is 0 Å². The molecule has 1 aromatic heterocycles. The Kier molecular flexibility index (Phi) is 7.93. The van der Waals surface area contributed by atoms with Gasteiger partial charge in [-0.2, -0.15) is 5.10 Å². The largest absolute Gasteiger partial charge is 0.489 e. The van der Waals surface area contributed by atoms with Crippen LogP contribution in [-0.2, 0) is 17.8 Å². The minimum absolute atomic E-state index is 0.0429. The van der Waals surface area contributed by atoms with Crippen molar-refractivity contribution in [1.29, 1.82) is 0 Å². The van der Waals surface area contributed by atoms with Gasteiger partial charge in [0, 0.05) is 37.3 Å². The van der Waals surface area contributed by atoms with Crippen molar-refractivity contribution in [2.24, 2.45) is 0 Å². The van der Waals surface area contributed by atoms with Gasteiger partial charge in [0.1, 0.15) is 35.2 Å². The number of likely N-dealkylation sites (N-methyl/N-ethyl adjacent to an activating group) is 1. The number of ether oxygens (including phenoxy) is 1. The molecule has 1 aliphatic heterocycles. The van der Waals surface area contributed by atoms with Gasteiger partial charge in [0.15, 0.2) is 5.69 Å². The standard InChI is InChI=1S/C25H24ClF2N5O5/c1-29-23(34)13-6-7-19-20(10-13)38-12-18(24(35)32(19)2)30-9-8-14-21(25(36)37)31-33(22(14)26)11-15-16(27)4-3-5-17(15)28/h3-7,10,18,30H,8-9,11-12H2,1-2H3,(H,29,34)(H,36,37). The number of rotatable bonds is 8. The Hall–Kier alpha value is -4.03. The Morgan fingerprint density at radius 1 is 1.21 bits per heavy atom. The second kappa shape index (κ2) is 11.2. The first-order valence-electron chi connectivity index (χ1n) is 11.5. The maximum absolute atomic E-state index is 14.1. The molecule has 0 saturated heterocycles. The van der Waals surface area contributed by atoms with E-state index in [9.17, 15) is 28.3 Å². The van der Waals surface area contributed by atoms with Crippen molar-refractivity contribution in [2.45, 2.75) is 19.0 Å². The van der Waals surface area contributed by atoms with Gasteiger partial charge in [-0.05, 0) is 36.8 Å². The van der Waals surface area contributed by atoms with E-state index in [-0.39, 0.29) is 53.4 Å². The fourth-order valence-corrected chi connectivity index (χ4v) is 4.40. The molecule has 2 amide bonds. The Morgan fingerprint density at radius 2 is 1.92 bits per heavy atom. The lowest BCUT2D eigenvalue weighted by molar-refractivity contribution is -0.120. The number of carboxylic acids is 1. The summed E-state index contributed by atoms with van der Waals surface area (Å²) in [5.41, 5.74) is 0.355. The molecule has 0 bridgehead atoms. The van der Waals surface area contributed by atoms with Crippen LogP contribution >= 0.6 is 11.6 Å². The highest BCUT2D eigenvalue weighted by molar-refractivity contribution is 6.30. The average molecular weight is 548 g/mol. The smallest absolute Gasteiger partial charge is 0.356 e. The Balaban J connectivity index is 1.48. The highest BCUT2D eigenvalue weighted by Crippen LogP contribution is 2.32. The second-order valence-corrected chi connectivity index (χ2v) is 8.87. The number of benzene rings is 2. The summed E-state index contributed by atoms with van der Waals surface area (Å²) in [5, 5.41) is 19.0. The fraction of sp³-hybridized carbons (Fsp3) is 0.280. The third kappa shape index (κ3) is 5.31. The molecular formula is C25H24ClF2N5O5. The Bertz CT molecular complexity index is 1390. The van der Waals surface area contributed by atoms with Gasteiger partial charge in [-0.3, -0.25) is 9.59 Å². The molecule has 200 valence electrons. The van der Waals surface area contributed by atoms with E-state index in [1.54, 1.807) is 25.2 Å². The van der Waals surface area contributed by atoms with Crippen LogP contribution < -0.4 is 20.3 Å². The van der Waals surface area contributed by atoms with Crippen molar-refractivity contribution in [3.05, 3.63) is 75.6 Å². The van der Waals surface area contributed by atoms with Gasteiger partial charge in [-0.1, -0.05) is 17.7 Å². The van der Waals surface area contributed by atoms with Crippen molar-refractivity contribution in [3.63, 3.8) is 0 Å². The highest BCUT2D eigenvalue weighted by atomic mass is 35.5. The first-order valence-corrected chi connectivity index (χ1v) is 11.9. The van der Waals surface area contributed by atoms with Crippen molar-refractivity contribution in [3.8, 4) is 5.75 Å². The predicted octanol–water partition coefficient (Wildman–Crippen LogP) is 2.48. The van der Waals surface area contributed by atoms with Gasteiger partial charge in [-0.25, -0.2) is 18.3 Å². The molecule has 2 aromatic carbocycles. The van der Waals surface area contributed by atoms with E-state index in [0.29, 0.717) is 17.0 Å².